The van der Waals surface area contributed by atoms with Crippen LogP contribution in [0.15, 0.2) is 0 Å². The molecule has 0 saturated carbocycles. The van der Waals surface area contributed by atoms with Crippen molar-refractivity contribution in [2.75, 3.05) is 13.1 Å². The largest absolute Gasteiger partial charge is 2.00 e. The van der Waals surface area contributed by atoms with E-state index in [1.165, 1.54) is 0 Å². The molecule has 0 aromatic heterocycles. The third-order valence-corrected chi connectivity index (χ3v) is 0.167. The maximum Gasteiger partial charge on any atom is 2.00 e. The summed E-state index contributed by atoms with van der Waals surface area (Å²) in [5.74, 6) is 0. The van der Waals surface area contributed by atoms with Gasteiger partial charge in [0.15, 0.2) is 0 Å². The molecule has 0 bridgehead atoms. The molecular weight excluding hydrogens is 284 g/mol. The molecule has 0 spiro atoms. The monoisotopic (exact) mass is 292 g/mol. The van der Waals surface area contributed by atoms with E-state index in [1.54, 1.807) is 0 Å². The van der Waals surface area contributed by atoms with Gasteiger partial charge in [-0.15, -0.1) is 24.8 Å². The smallest absolute Gasteiger partial charge is 0.759 e. The minimum absolute atomic E-state index is 0. The van der Waals surface area contributed by atoms with Crippen LogP contribution in [-0.4, -0.2) is 30.6 Å². The van der Waals surface area contributed by atoms with Gasteiger partial charge >= 0.3 is 19.5 Å². The molecule has 0 heterocycles. The third-order valence-electron chi connectivity index (χ3n) is 0.167. The average Bonchev–Trinajstić information content (AvgIpc) is 1.61. The molecule has 0 rings (SSSR count). The zero-order chi connectivity index (χ0) is 7.91. The Morgan fingerprint density at radius 1 is 1.00 bits per heavy atom. The maximum absolute atomic E-state index is 8.52. The van der Waals surface area contributed by atoms with Crippen LogP contribution in [0.25, 0.3) is 0 Å². The number of rotatable bonds is 1. The Bertz CT molecular complexity index is 132. The van der Waals surface area contributed by atoms with E-state index < -0.39 is 10.4 Å². The number of hydrogen-bond acceptors (Lipinski definition) is 6. The van der Waals surface area contributed by atoms with Crippen LogP contribution in [0.1, 0.15) is 0 Å². The molecule has 0 aliphatic carbocycles. The van der Waals surface area contributed by atoms with Crippen molar-refractivity contribution in [2.45, 2.75) is 0 Å². The van der Waals surface area contributed by atoms with Crippen molar-refractivity contribution in [3.63, 3.8) is 0 Å². The molecule has 10 heteroatoms. The summed E-state index contributed by atoms with van der Waals surface area (Å²) in [6.45, 7) is 1.19. The first-order chi connectivity index (χ1) is 3.91. The first kappa shape index (κ1) is 29.3. The van der Waals surface area contributed by atoms with Gasteiger partial charge < -0.3 is 20.6 Å². The summed E-state index contributed by atoms with van der Waals surface area (Å²) in [6, 6.07) is 0. The van der Waals surface area contributed by atoms with E-state index in [0.717, 1.165) is 0 Å². The van der Waals surface area contributed by atoms with Gasteiger partial charge in [-0.3, -0.25) is 8.42 Å². The predicted molar refractivity (Wildman–Crippen MR) is 43.1 cm³/mol. The van der Waals surface area contributed by atoms with Crippen LogP contribution in [0.3, 0.4) is 0 Å². The van der Waals surface area contributed by atoms with Crippen LogP contribution in [0.2, 0.25) is 0 Å². The summed E-state index contributed by atoms with van der Waals surface area (Å²) in [5, 5.41) is 0. The van der Waals surface area contributed by atoms with Crippen molar-refractivity contribution in [3.05, 3.63) is 0 Å². The van der Waals surface area contributed by atoms with Crippen molar-refractivity contribution < 1.29 is 37.0 Å². The molecule has 0 saturated heterocycles. The van der Waals surface area contributed by atoms with E-state index in [4.69, 9.17) is 29.0 Å². The van der Waals surface area contributed by atoms with Gasteiger partial charge in [0.05, 0.1) is 0 Å². The van der Waals surface area contributed by atoms with E-state index in [2.05, 4.69) is 0 Å². The van der Waals surface area contributed by atoms with E-state index >= 15 is 0 Å². The van der Waals surface area contributed by atoms with E-state index in [9.17, 15) is 0 Å². The molecule has 0 aromatic rings. The first-order valence-corrected chi connectivity index (χ1v) is 3.32. The van der Waals surface area contributed by atoms with Crippen molar-refractivity contribution in [2.24, 2.45) is 11.5 Å². The van der Waals surface area contributed by atoms with Gasteiger partial charge in [0, 0.05) is 23.5 Å². The van der Waals surface area contributed by atoms with Gasteiger partial charge in [-0.1, -0.05) is 0 Å². The van der Waals surface area contributed by atoms with E-state index in [1.807, 2.05) is 0 Å². The molecule has 4 N–H and O–H groups in total. The van der Waals surface area contributed by atoms with Gasteiger partial charge in [-0.05, 0) is 0 Å². The quantitative estimate of drug-likeness (QED) is 0.340. The second-order valence-corrected chi connectivity index (χ2v) is 1.80. The van der Waals surface area contributed by atoms with Crippen molar-refractivity contribution in [1.82, 2.24) is 0 Å². The Morgan fingerprint density at radius 3 is 1.08 bits per heavy atom. The van der Waals surface area contributed by atoms with Crippen molar-refractivity contribution in [1.29, 1.82) is 0 Å². The Kier molecular flexibility index (Phi) is 43.7. The summed E-state index contributed by atoms with van der Waals surface area (Å²) in [6.07, 6.45) is 0. The summed E-state index contributed by atoms with van der Waals surface area (Å²) >= 11 is 0. The average molecular weight is 294 g/mol. The predicted octanol–water partition coefficient (Wildman–Crippen LogP) is -1.59. The topological polar surface area (TPSA) is 132 Å². The molecule has 0 atom stereocenters. The minimum atomic E-state index is -5.17. The zero-order valence-corrected chi connectivity index (χ0v) is 11.6. The molecule has 0 radical (unpaired) electrons. The summed E-state index contributed by atoms with van der Waals surface area (Å²) in [7, 11) is -5.17. The second kappa shape index (κ2) is 17.9. The van der Waals surface area contributed by atoms with Crippen LogP contribution >= 0.6 is 24.8 Å². The van der Waals surface area contributed by atoms with E-state index in [-0.39, 0.29) is 44.3 Å². The van der Waals surface area contributed by atoms with Gasteiger partial charge in [-0.25, -0.2) is 0 Å². The standard InChI is InChI=1S/C2H8N2.2ClH.H2O4S.Zn/c3-1-2-4;;;1-5(2,3)4;/h1-4H2;2*1H;(H2,1,2,3,4);/q;;;;+2/p-2. The van der Waals surface area contributed by atoms with Gasteiger partial charge in [-0.2, -0.15) is 0 Å². The van der Waals surface area contributed by atoms with Crippen molar-refractivity contribution >= 4 is 35.2 Å². The maximum atomic E-state index is 8.52. The molecule has 0 fully saturated rings. The Morgan fingerprint density at radius 2 is 1.08 bits per heavy atom. The molecule has 0 amide bonds. The van der Waals surface area contributed by atoms with Crippen LogP contribution < -0.4 is 11.5 Å². The van der Waals surface area contributed by atoms with Crippen LogP contribution in [0.5, 0.6) is 0 Å². The third kappa shape index (κ3) is 276. The van der Waals surface area contributed by atoms with Gasteiger partial charge in [0.2, 0.25) is 0 Å². The van der Waals surface area contributed by atoms with Crippen LogP contribution in [0.4, 0.5) is 0 Å². The second-order valence-electron chi connectivity index (χ2n) is 0.986. The van der Waals surface area contributed by atoms with Crippen LogP contribution in [-0.2, 0) is 29.9 Å². The van der Waals surface area contributed by atoms with Gasteiger partial charge in [0.25, 0.3) is 0 Å². The molecule has 6 nitrogen and oxygen atoms in total. The molecule has 74 valence electrons. The molecule has 0 aliphatic heterocycles. The fraction of sp³-hybridized carbons (Fsp3) is 1.00. The fourth-order valence-corrected chi connectivity index (χ4v) is 0. The Labute approximate surface area is 96.6 Å². The molecule has 12 heavy (non-hydrogen) atoms. The normalized spacial score (nSPS) is 7.33. The Hall–Kier alpha value is 0.993. The first-order valence-electron chi connectivity index (χ1n) is 1.98. The molecule has 0 aromatic carbocycles. The SMILES string of the molecule is Cl.Cl.NCCN.O=S(=O)([O-])[O-].[Zn+2]. The summed E-state index contributed by atoms with van der Waals surface area (Å²) < 4.78 is 34.1. The van der Waals surface area contributed by atoms with Crippen LogP contribution in [0, 0.1) is 0 Å². The fourth-order valence-electron chi connectivity index (χ4n) is 0. The molecule has 0 aliphatic rings. The van der Waals surface area contributed by atoms with Gasteiger partial charge in [0.1, 0.15) is 0 Å². The molecule has 0 unspecified atom stereocenters. The summed E-state index contributed by atoms with van der Waals surface area (Å²) in [4.78, 5) is 0. The Balaban J connectivity index is -0.0000000221. The number of hydrogen-bond donors (Lipinski definition) is 2. The van der Waals surface area contributed by atoms with E-state index in [0.29, 0.717) is 13.1 Å². The number of halogens is 2. The minimum Gasteiger partial charge on any atom is -0.759 e. The molecular formula is C2H10Cl2N2O4SZn. The van der Waals surface area contributed by atoms with Crippen molar-refractivity contribution in [3.8, 4) is 0 Å². The number of nitrogens with two attached hydrogens (primary N) is 2. The zero-order valence-electron chi connectivity index (χ0n) is 6.13. The summed E-state index contributed by atoms with van der Waals surface area (Å²) in [5.41, 5.74) is 9.81.